The van der Waals surface area contributed by atoms with Crippen LogP contribution >= 0.6 is 11.6 Å². The van der Waals surface area contributed by atoms with Crippen LogP contribution in [0, 0.1) is 5.82 Å². The zero-order valence-electron chi connectivity index (χ0n) is 24.6. The number of nitrogens with one attached hydrogen (secondary N) is 1. The van der Waals surface area contributed by atoms with Crippen LogP contribution in [0.25, 0.3) is 11.8 Å². The molecule has 46 heavy (non-hydrogen) atoms. The number of carbonyl (C=O) groups is 4. The van der Waals surface area contributed by atoms with Crippen LogP contribution in [-0.2, 0) is 25.5 Å². The summed E-state index contributed by atoms with van der Waals surface area (Å²) in [7, 11) is 3.01. The summed E-state index contributed by atoms with van der Waals surface area (Å²) in [5, 5.41) is 22.7. The molecule has 0 aliphatic carbocycles. The fourth-order valence-corrected chi connectivity index (χ4v) is 5.35. The summed E-state index contributed by atoms with van der Waals surface area (Å²) in [5.74, 6) is -3.42. The number of carboxylic acid groups (broad SMARTS) is 1. The van der Waals surface area contributed by atoms with Gasteiger partial charge < -0.3 is 25.0 Å². The minimum atomic E-state index is -1.17. The maximum absolute atomic E-state index is 15.2. The van der Waals surface area contributed by atoms with Gasteiger partial charge in [-0.2, -0.15) is 4.68 Å². The first-order chi connectivity index (χ1) is 22.1. The molecule has 0 radical (unpaired) electrons. The number of likely N-dealkylation sites (N-methyl/N-ethyl adjacent to an activating group) is 1. The van der Waals surface area contributed by atoms with Crippen LogP contribution in [0.1, 0.15) is 33.1 Å². The van der Waals surface area contributed by atoms with Crippen molar-refractivity contribution in [1.29, 1.82) is 0 Å². The molecule has 4 aromatic rings. The van der Waals surface area contributed by atoms with Crippen LogP contribution in [0.3, 0.4) is 0 Å². The second-order valence-electron chi connectivity index (χ2n) is 10.2. The van der Waals surface area contributed by atoms with Gasteiger partial charge in [-0.05, 0) is 76.5 Å². The Morgan fingerprint density at radius 1 is 1.15 bits per heavy atom. The molecule has 1 aliphatic heterocycles. The molecular weight excluding hydrogens is 621 g/mol. The summed E-state index contributed by atoms with van der Waals surface area (Å²) in [5.41, 5.74) is 2.23. The van der Waals surface area contributed by atoms with Gasteiger partial charge in [0.1, 0.15) is 19.0 Å². The van der Waals surface area contributed by atoms with E-state index in [1.165, 1.54) is 70.4 Å². The lowest BCUT2D eigenvalue weighted by atomic mass is 9.90. The lowest BCUT2D eigenvalue weighted by Crippen LogP contribution is -2.45. The molecule has 15 heteroatoms. The number of ether oxygens (including phenoxy) is 1. The average molecular weight is 648 g/mol. The minimum Gasteiger partial charge on any atom is -0.478 e. The summed E-state index contributed by atoms with van der Waals surface area (Å²) < 4.78 is 21.4. The van der Waals surface area contributed by atoms with E-state index in [-0.39, 0.29) is 40.9 Å². The van der Waals surface area contributed by atoms with E-state index in [0.29, 0.717) is 28.9 Å². The fourth-order valence-electron chi connectivity index (χ4n) is 5.18. The summed E-state index contributed by atoms with van der Waals surface area (Å²) in [4.78, 5) is 54.4. The number of halogens is 2. The molecule has 0 bridgehead atoms. The molecule has 1 aliphatic rings. The van der Waals surface area contributed by atoms with Crippen molar-refractivity contribution < 1.29 is 33.4 Å². The van der Waals surface area contributed by atoms with Crippen LogP contribution in [0.15, 0.2) is 67.0 Å². The number of carboxylic acids is 1. The molecule has 5 rings (SSSR count). The number of rotatable bonds is 9. The predicted molar refractivity (Wildman–Crippen MR) is 165 cm³/mol. The Kier molecular flexibility index (Phi) is 9.49. The second kappa shape index (κ2) is 13.7. The number of amides is 3. The number of aromatic carboxylic acids is 1. The van der Waals surface area contributed by atoms with Crippen LogP contribution < -0.4 is 10.2 Å². The van der Waals surface area contributed by atoms with E-state index in [1.54, 1.807) is 25.2 Å². The summed E-state index contributed by atoms with van der Waals surface area (Å²) in [6.45, 7) is -0.0774. The smallest absolute Gasteiger partial charge is 0.335 e. The number of anilines is 2. The molecule has 2 heterocycles. The highest BCUT2D eigenvalue weighted by Gasteiger charge is 2.37. The van der Waals surface area contributed by atoms with Gasteiger partial charge in [-0.3, -0.25) is 14.4 Å². The van der Waals surface area contributed by atoms with E-state index in [9.17, 15) is 24.3 Å². The number of hydrogen-bond donors (Lipinski definition) is 2. The van der Waals surface area contributed by atoms with Gasteiger partial charge in [-0.25, -0.2) is 9.18 Å². The number of tetrazole rings is 1. The quantitative estimate of drug-likeness (QED) is 0.259. The zero-order valence-corrected chi connectivity index (χ0v) is 25.3. The standard InChI is InChI=1S/C31H27ClFN7O6/c1-38(27(42)16-46-2)24-5-3-4-21-20(24)14-15-39(29(21)30(43)35-19-8-6-18(7-9-19)31(44)45)26(41)13-10-22-25(40-17-34-36-37-40)12-11-23(32)28(22)33/h3-13,17,29H,14-16H2,1-2H3,(H,35,43)(H,44,45)/b13-10+/t29-/m1/s1. The highest BCUT2D eigenvalue weighted by atomic mass is 35.5. The van der Waals surface area contributed by atoms with Crippen molar-refractivity contribution in [2.24, 2.45) is 0 Å². The van der Waals surface area contributed by atoms with Crippen LogP contribution in [0.4, 0.5) is 15.8 Å². The van der Waals surface area contributed by atoms with Crippen molar-refractivity contribution in [2.75, 3.05) is 37.5 Å². The number of nitrogens with zero attached hydrogens (tertiary/aromatic N) is 6. The van der Waals surface area contributed by atoms with Crippen molar-refractivity contribution in [1.82, 2.24) is 25.1 Å². The second-order valence-corrected chi connectivity index (χ2v) is 10.6. The molecule has 0 saturated carbocycles. The Bertz CT molecular complexity index is 1830. The Labute approximate surface area is 266 Å². The van der Waals surface area contributed by atoms with Crippen LogP contribution in [0.2, 0.25) is 5.02 Å². The predicted octanol–water partition coefficient (Wildman–Crippen LogP) is 3.54. The molecule has 0 spiro atoms. The number of methoxy groups -OCH3 is 1. The molecular formula is C31H27ClFN7O6. The first-order valence-electron chi connectivity index (χ1n) is 13.8. The molecule has 2 N–H and O–H groups in total. The van der Waals surface area contributed by atoms with Crippen molar-refractivity contribution >= 4 is 52.7 Å². The van der Waals surface area contributed by atoms with Crippen molar-refractivity contribution in [3.63, 3.8) is 0 Å². The van der Waals surface area contributed by atoms with E-state index in [0.717, 1.165) is 6.08 Å². The van der Waals surface area contributed by atoms with Gasteiger partial charge in [-0.15, -0.1) is 5.10 Å². The molecule has 1 atom stereocenters. The van der Waals surface area contributed by atoms with Crippen molar-refractivity contribution in [2.45, 2.75) is 12.5 Å². The molecule has 0 fully saturated rings. The molecule has 0 saturated heterocycles. The molecule has 1 aromatic heterocycles. The Balaban J connectivity index is 1.53. The lowest BCUT2D eigenvalue weighted by Gasteiger charge is -2.37. The van der Waals surface area contributed by atoms with Gasteiger partial charge in [0.2, 0.25) is 5.91 Å². The largest absolute Gasteiger partial charge is 0.478 e. The van der Waals surface area contributed by atoms with E-state index in [2.05, 4.69) is 20.8 Å². The monoisotopic (exact) mass is 647 g/mol. The zero-order chi connectivity index (χ0) is 33.0. The Morgan fingerprint density at radius 3 is 2.59 bits per heavy atom. The van der Waals surface area contributed by atoms with E-state index in [1.807, 2.05) is 0 Å². The fraction of sp³-hybridized carbons (Fsp3) is 0.194. The van der Waals surface area contributed by atoms with Crippen molar-refractivity contribution in [3.05, 3.63) is 100 Å². The number of hydrogen-bond acceptors (Lipinski definition) is 8. The highest BCUT2D eigenvalue weighted by Crippen LogP contribution is 2.37. The maximum Gasteiger partial charge on any atom is 0.335 e. The Hall–Kier alpha value is -5.47. The average Bonchev–Trinajstić information content (AvgIpc) is 3.59. The third kappa shape index (κ3) is 6.48. The normalized spacial score (nSPS) is 14.2. The third-order valence-electron chi connectivity index (χ3n) is 7.43. The summed E-state index contributed by atoms with van der Waals surface area (Å²) in [6, 6.07) is 12.3. The highest BCUT2D eigenvalue weighted by molar-refractivity contribution is 6.31. The first kappa shape index (κ1) is 31.9. The Morgan fingerprint density at radius 2 is 1.91 bits per heavy atom. The summed E-state index contributed by atoms with van der Waals surface area (Å²) >= 11 is 6.03. The number of carbonyl (C=O) groups excluding carboxylic acids is 3. The molecule has 0 unspecified atom stereocenters. The van der Waals surface area contributed by atoms with Gasteiger partial charge in [0.05, 0.1) is 16.3 Å². The third-order valence-corrected chi connectivity index (χ3v) is 7.72. The van der Waals surface area contributed by atoms with Gasteiger partial charge in [0, 0.05) is 43.7 Å². The van der Waals surface area contributed by atoms with Crippen LogP contribution in [0.5, 0.6) is 0 Å². The number of benzene rings is 3. The number of fused-ring (bicyclic) bond motifs is 1. The minimum absolute atomic E-state index is 0.0330. The van der Waals surface area contributed by atoms with E-state index in [4.69, 9.17) is 16.3 Å². The topological polar surface area (TPSA) is 160 Å². The van der Waals surface area contributed by atoms with Gasteiger partial charge in [0.25, 0.3) is 11.8 Å². The van der Waals surface area contributed by atoms with Crippen molar-refractivity contribution in [3.8, 4) is 5.69 Å². The molecule has 236 valence electrons. The number of aromatic nitrogens is 4. The molecule has 13 nitrogen and oxygen atoms in total. The van der Waals surface area contributed by atoms with E-state index < -0.39 is 29.6 Å². The summed E-state index contributed by atoms with van der Waals surface area (Å²) in [6.07, 6.45) is 3.93. The molecule has 3 amide bonds. The lowest BCUT2D eigenvalue weighted by molar-refractivity contribution is -0.135. The SMILES string of the molecule is COCC(=O)N(C)c1cccc2c1CCN(C(=O)/C=C/c1c(-n3cnnn3)ccc(Cl)c1F)[C@H]2C(=O)Nc1ccc(C(=O)O)cc1. The molecule has 3 aromatic carbocycles. The van der Waals surface area contributed by atoms with Crippen LogP contribution in [-0.4, -0.2) is 81.2 Å². The van der Waals surface area contributed by atoms with Gasteiger partial charge in [0.15, 0.2) is 5.82 Å². The first-order valence-corrected chi connectivity index (χ1v) is 14.2. The van der Waals surface area contributed by atoms with Gasteiger partial charge in [-0.1, -0.05) is 23.7 Å². The van der Waals surface area contributed by atoms with E-state index >= 15 is 4.39 Å². The maximum atomic E-state index is 15.2. The van der Waals surface area contributed by atoms with Gasteiger partial charge >= 0.3 is 5.97 Å².